The van der Waals surface area contributed by atoms with Gasteiger partial charge < -0.3 is 10.1 Å². The van der Waals surface area contributed by atoms with E-state index in [0.717, 1.165) is 25.7 Å². The molecule has 0 aromatic heterocycles. The van der Waals surface area contributed by atoms with Gasteiger partial charge in [-0.25, -0.2) is 19.6 Å². The van der Waals surface area contributed by atoms with Crippen molar-refractivity contribution in [3.05, 3.63) is 35.4 Å². The molecule has 2 fully saturated rings. The Labute approximate surface area is 140 Å². The molecule has 2 atom stereocenters. The molecule has 7 heteroatoms. The zero-order chi connectivity index (χ0) is 16.9. The summed E-state index contributed by atoms with van der Waals surface area (Å²) in [4.78, 5) is 12.0. The normalized spacial score (nSPS) is 24.9. The van der Waals surface area contributed by atoms with E-state index < -0.39 is 23.8 Å². The summed E-state index contributed by atoms with van der Waals surface area (Å²) in [6.07, 6.45) is 5.67. The van der Waals surface area contributed by atoms with Gasteiger partial charge in [0.05, 0.1) is 18.3 Å². The number of halogens is 2. The van der Waals surface area contributed by atoms with Crippen molar-refractivity contribution in [1.82, 2.24) is 16.2 Å². The first-order valence-electron chi connectivity index (χ1n) is 8.49. The van der Waals surface area contributed by atoms with Crippen LogP contribution in [0.25, 0.3) is 0 Å². The van der Waals surface area contributed by atoms with Gasteiger partial charge in [0.2, 0.25) is 5.91 Å². The minimum absolute atomic E-state index is 0.0137. The third-order valence-corrected chi connectivity index (χ3v) is 4.59. The van der Waals surface area contributed by atoms with Crippen molar-refractivity contribution in [1.29, 1.82) is 0 Å². The Bertz CT molecular complexity index is 559. The predicted octanol–water partition coefficient (Wildman–Crippen LogP) is 2.30. The van der Waals surface area contributed by atoms with Crippen LogP contribution in [0, 0.1) is 11.6 Å². The Morgan fingerprint density at radius 1 is 1.17 bits per heavy atom. The summed E-state index contributed by atoms with van der Waals surface area (Å²) in [5, 5.41) is 2.77. The molecule has 24 heavy (non-hydrogen) atoms. The molecule has 3 rings (SSSR count). The zero-order valence-electron chi connectivity index (χ0n) is 13.5. The van der Waals surface area contributed by atoms with Crippen LogP contribution in [0.15, 0.2) is 18.2 Å². The van der Waals surface area contributed by atoms with E-state index in [1.807, 2.05) is 0 Å². The second-order valence-corrected chi connectivity index (χ2v) is 6.40. The molecule has 1 aromatic rings. The number of carbonyl (C=O) groups excluding carboxylic acids is 1. The number of hydrazine groups is 1. The minimum Gasteiger partial charge on any atom is -0.368 e. The predicted molar refractivity (Wildman–Crippen MR) is 84.7 cm³/mol. The van der Waals surface area contributed by atoms with Gasteiger partial charge in [-0.1, -0.05) is 25.3 Å². The molecule has 3 N–H and O–H groups in total. The lowest BCUT2D eigenvalue weighted by molar-refractivity contribution is -0.129. The Kier molecular flexibility index (Phi) is 5.76. The topological polar surface area (TPSA) is 62.4 Å². The van der Waals surface area contributed by atoms with Gasteiger partial charge in [0.15, 0.2) is 0 Å². The molecule has 1 aliphatic carbocycles. The maximum Gasteiger partial charge on any atom is 0.247 e. The van der Waals surface area contributed by atoms with Gasteiger partial charge in [-0.3, -0.25) is 4.79 Å². The van der Waals surface area contributed by atoms with E-state index >= 15 is 0 Å². The molecule has 132 valence electrons. The SMILES string of the molecule is O=C(COC1CCCCC1)NC1CC(c2c(F)cccc2F)NN1. The van der Waals surface area contributed by atoms with Crippen molar-refractivity contribution in [3.63, 3.8) is 0 Å². The van der Waals surface area contributed by atoms with Crippen molar-refractivity contribution in [3.8, 4) is 0 Å². The lowest BCUT2D eigenvalue weighted by atomic mass is 9.98. The van der Waals surface area contributed by atoms with E-state index in [1.165, 1.54) is 24.6 Å². The maximum absolute atomic E-state index is 13.8. The van der Waals surface area contributed by atoms with Crippen molar-refractivity contribution in [2.45, 2.75) is 56.8 Å². The molecule has 1 aromatic carbocycles. The second kappa shape index (κ2) is 8.00. The number of ether oxygens (including phenoxy) is 1. The van der Waals surface area contributed by atoms with E-state index in [-0.39, 0.29) is 24.2 Å². The summed E-state index contributed by atoms with van der Waals surface area (Å²) in [5.74, 6) is -1.42. The van der Waals surface area contributed by atoms with Gasteiger partial charge in [0.1, 0.15) is 18.2 Å². The van der Waals surface area contributed by atoms with Crippen LogP contribution < -0.4 is 16.2 Å². The third-order valence-electron chi connectivity index (χ3n) is 4.59. The molecule has 1 heterocycles. The Morgan fingerprint density at radius 3 is 2.58 bits per heavy atom. The highest BCUT2D eigenvalue weighted by molar-refractivity contribution is 5.77. The number of benzene rings is 1. The van der Waals surface area contributed by atoms with Crippen LogP contribution in [0.2, 0.25) is 0 Å². The van der Waals surface area contributed by atoms with Crippen molar-refractivity contribution < 1.29 is 18.3 Å². The zero-order valence-corrected chi connectivity index (χ0v) is 13.5. The molecule has 0 spiro atoms. The summed E-state index contributed by atoms with van der Waals surface area (Å²) in [7, 11) is 0. The Morgan fingerprint density at radius 2 is 1.88 bits per heavy atom. The fraction of sp³-hybridized carbons (Fsp3) is 0.588. The average Bonchev–Trinajstić information content (AvgIpc) is 3.02. The highest BCUT2D eigenvalue weighted by Crippen LogP contribution is 2.26. The number of nitrogens with one attached hydrogen (secondary N) is 3. The van der Waals surface area contributed by atoms with E-state index in [4.69, 9.17) is 4.74 Å². The molecule has 1 saturated heterocycles. The molecule has 0 bridgehead atoms. The van der Waals surface area contributed by atoms with Crippen LogP contribution >= 0.6 is 0 Å². The Hall–Kier alpha value is -1.57. The van der Waals surface area contributed by atoms with Crippen molar-refractivity contribution in [2.24, 2.45) is 0 Å². The summed E-state index contributed by atoms with van der Waals surface area (Å²) in [5.41, 5.74) is 5.67. The standard InChI is InChI=1S/C17H23F2N3O2/c18-12-7-4-8-13(19)17(12)14-9-15(22-21-14)20-16(23)10-24-11-5-2-1-3-6-11/h4,7-8,11,14-15,21-22H,1-3,5-6,9-10H2,(H,20,23). The first-order valence-corrected chi connectivity index (χ1v) is 8.49. The molecule has 1 saturated carbocycles. The summed E-state index contributed by atoms with van der Waals surface area (Å²) in [6.45, 7) is 0.0154. The van der Waals surface area contributed by atoms with Crippen molar-refractivity contribution in [2.75, 3.05) is 6.61 Å². The van der Waals surface area contributed by atoms with Gasteiger partial charge in [0, 0.05) is 12.0 Å². The smallest absolute Gasteiger partial charge is 0.247 e. The number of amides is 1. The molecule has 2 unspecified atom stereocenters. The van der Waals surface area contributed by atoms with Crippen LogP contribution in [0.4, 0.5) is 8.78 Å². The van der Waals surface area contributed by atoms with Gasteiger partial charge in [-0.2, -0.15) is 0 Å². The summed E-state index contributed by atoms with van der Waals surface area (Å²) in [6, 6.07) is 3.25. The van der Waals surface area contributed by atoms with E-state index in [2.05, 4.69) is 16.2 Å². The van der Waals surface area contributed by atoms with Gasteiger partial charge >= 0.3 is 0 Å². The quantitative estimate of drug-likeness (QED) is 0.770. The average molecular weight is 339 g/mol. The van der Waals surface area contributed by atoms with Crippen LogP contribution in [-0.4, -0.2) is 24.8 Å². The highest BCUT2D eigenvalue weighted by Gasteiger charge is 2.30. The van der Waals surface area contributed by atoms with E-state index in [0.29, 0.717) is 6.42 Å². The summed E-state index contributed by atoms with van der Waals surface area (Å²) >= 11 is 0. The fourth-order valence-electron chi connectivity index (χ4n) is 3.34. The minimum atomic E-state index is -0.595. The first kappa shape index (κ1) is 17.3. The third kappa shape index (κ3) is 4.28. The summed E-state index contributed by atoms with van der Waals surface area (Å²) < 4.78 is 33.2. The van der Waals surface area contributed by atoms with Crippen LogP contribution in [0.5, 0.6) is 0 Å². The van der Waals surface area contributed by atoms with Gasteiger partial charge in [0.25, 0.3) is 0 Å². The van der Waals surface area contributed by atoms with Crippen molar-refractivity contribution >= 4 is 5.91 Å². The van der Waals surface area contributed by atoms with Crippen LogP contribution in [0.1, 0.15) is 50.1 Å². The largest absolute Gasteiger partial charge is 0.368 e. The first-order chi connectivity index (χ1) is 11.6. The number of hydrogen-bond acceptors (Lipinski definition) is 4. The maximum atomic E-state index is 13.8. The molecule has 0 radical (unpaired) electrons. The lowest BCUT2D eigenvalue weighted by Gasteiger charge is -2.22. The number of hydrogen-bond donors (Lipinski definition) is 3. The number of rotatable bonds is 5. The molecule has 1 amide bonds. The highest BCUT2D eigenvalue weighted by atomic mass is 19.1. The molecular formula is C17H23F2N3O2. The Balaban J connectivity index is 1.46. The molecule has 2 aliphatic rings. The number of carbonyl (C=O) groups is 1. The molecular weight excluding hydrogens is 316 g/mol. The van der Waals surface area contributed by atoms with E-state index in [1.54, 1.807) is 0 Å². The van der Waals surface area contributed by atoms with E-state index in [9.17, 15) is 13.6 Å². The molecule has 1 aliphatic heterocycles. The van der Waals surface area contributed by atoms with Gasteiger partial charge in [-0.15, -0.1) is 0 Å². The second-order valence-electron chi connectivity index (χ2n) is 6.40. The van der Waals surface area contributed by atoms with Gasteiger partial charge in [-0.05, 0) is 25.0 Å². The fourth-order valence-corrected chi connectivity index (χ4v) is 3.34. The lowest BCUT2D eigenvalue weighted by Crippen LogP contribution is -2.45. The molecule has 5 nitrogen and oxygen atoms in total. The van der Waals surface area contributed by atoms with Crippen LogP contribution in [-0.2, 0) is 9.53 Å². The van der Waals surface area contributed by atoms with Crippen LogP contribution in [0.3, 0.4) is 0 Å². The monoisotopic (exact) mass is 339 g/mol.